The van der Waals surface area contributed by atoms with E-state index in [4.69, 9.17) is 17.3 Å². The van der Waals surface area contributed by atoms with Crippen molar-refractivity contribution in [1.82, 2.24) is 9.97 Å². The van der Waals surface area contributed by atoms with Gasteiger partial charge in [-0.1, -0.05) is 17.7 Å². The standard InChI is InChI=1S/C10H8ClFN4O/c11-5-2-1-3-6(7(5)12)16-9-8(13)10(17)15-4-14-9/h1-4H,13H2,(H2,14,15,16,17). The van der Waals surface area contributed by atoms with Gasteiger partial charge in [0.2, 0.25) is 0 Å². The third-order valence-corrected chi connectivity index (χ3v) is 2.39. The van der Waals surface area contributed by atoms with Crippen LogP contribution in [0.15, 0.2) is 29.3 Å². The summed E-state index contributed by atoms with van der Waals surface area (Å²) >= 11 is 5.62. The Balaban J connectivity index is 2.42. The van der Waals surface area contributed by atoms with Crippen molar-refractivity contribution in [3.8, 4) is 0 Å². The molecular formula is C10H8ClFN4O. The monoisotopic (exact) mass is 254 g/mol. The molecule has 0 aliphatic heterocycles. The predicted molar refractivity (Wildman–Crippen MR) is 64.0 cm³/mol. The van der Waals surface area contributed by atoms with Crippen LogP contribution < -0.4 is 16.6 Å². The average Bonchev–Trinajstić information content (AvgIpc) is 2.31. The van der Waals surface area contributed by atoms with Crippen molar-refractivity contribution in [2.24, 2.45) is 0 Å². The number of halogens is 2. The second-order valence-electron chi connectivity index (χ2n) is 3.22. The Bertz CT molecular complexity index is 613. The summed E-state index contributed by atoms with van der Waals surface area (Å²) in [7, 11) is 0. The molecule has 0 saturated heterocycles. The highest BCUT2D eigenvalue weighted by Gasteiger charge is 2.09. The van der Waals surface area contributed by atoms with Gasteiger partial charge in [-0.05, 0) is 12.1 Å². The average molecular weight is 255 g/mol. The molecule has 2 rings (SSSR count). The number of hydrogen-bond donors (Lipinski definition) is 3. The quantitative estimate of drug-likeness (QED) is 0.764. The molecule has 0 unspecified atom stereocenters. The molecule has 88 valence electrons. The maximum absolute atomic E-state index is 13.6. The van der Waals surface area contributed by atoms with Gasteiger partial charge in [-0.3, -0.25) is 4.79 Å². The Labute approximate surface area is 100 Å². The minimum atomic E-state index is -0.629. The zero-order valence-corrected chi connectivity index (χ0v) is 9.25. The number of hydrogen-bond acceptors (Lipinski definition) is 4. The van der Waals surface area contributed by atoms with Crippen molar-refractivity contribution in [1.29, 1.82) is 0 Å². The molecule has 0 aliphatic rings. The van der Waals surface area contributed by atoms with Gasteiger partial charge < -0.3 is 16.0 Å². The van der Waals surface area contributed by atoms with Gasteiger partial charge in [0.1, 0.15) is 5.69 Å². The lowest BCUT2D eigenvalue weighted by molar-refractivity contribution is 0.632. The van der Waals surface area contributed by atoms with Crippen LogP contribution in [0.5, 0.6) is 0 Å². The highest BCUT2D eigenvalue weighted by Crippen LogP contribution is 2.25. The summed E-state index contributed by atoms with van der Waals surface area (Å²) in [6.07, 6.45) is 1.17. The molecule has 17 heavy (non-hydrogen) atoms. The summed E-state index contributed by atoms with van der Waals surface area (Å²) in [4.78, 5) is 17.3. The number of nitrogens with one attached hydrogen (secondary N) is 2. The summed E-state index contributed by atoms with van der Waals surface area (Å²) in [5.74, 6) is -0.550. The topological polar surface area (TPSA) is 83.8 Å². The smallest absolute Gasteiger partial charge is 0.276 e. The van der Waals surface area contributed by atoms with Crippen molar-refractivity contribution >= 4 is 28.8 Å². The van der Waals surface area contributed by atoms with E-state index in [2.05, 4.69) is 15.3 Å². The first-order chi connectivity index (χ1) is 8.09. The van der Waals surface area contributed by atoms with Crippen LogP contribution in [0, 0.1) is 5.82 Å². The van der Waals surface area contributed by atoms with E-state index in [0.717, 1.165) is 0 Å². The maximum Gasteiger partial charge on any atom is 0.276 e. The number of rotatable bonds is 2. The van der Waals surface area contributed by atoms with Crippen molar-refractivity contribution in [2.45, 2.75) is 0 Å². The lowest BCUT2D eigenvalue weighted by Crippen LogP contribution is -2.15. The van der Waals surface area contributed by atoms with Gasteiger partial charge in [0.25, 0.3) is 5.56 Å². The molecule has 0 fully saturated rings. The minimum Gasteiger partial charge on any atom is -0.391 e. The van der Waals surface area contributed by atoms with Crippen LogP contribution in [0.1, 0.15) is 0 Å². The SMILES string of the molecule is Nc1c(Nc2cccc(Cl)c2F)nc[nH]c1=O. The van der Waals surface area contributed by atoms with E-state index in [1.165, 1.54) is 18.5 Å². The first-order valence-electron chi connectivity index (χ1n) is 4.64. The molecule has 5 nitrogen and oxygen atoms in total. The number of aromatic nitrogens is 2. The van der Waals surface area contributed by atoms with Crippen molar-refractivity contribution in [2.75, 3.05) is 11.1 Å². The highest BCUT2D eigenvalue weighted by molar-refractivity contribution is 6.31. The van der Waals surface area contributed by atoms with Crippen LogP contribution in [-0.4, -0.2) is 9.97 Å². The summed E-state index contributed by atoms with van der Waals surface area (Å²) < 4.78 is 13.6. The van der Waals surface area contributed by atoms with Crippen LogP contribution in [0.2, 0.25) is 5.02 Å². The number of H-pyrrole nitrogens is 1. The lowest BCUT2D eigenvalue weighted by atomic mass is 10.3. The number of aromatic amines is 1. The fraction of sp³-hybridized carbons (Fsp3) is 0. The largest absolute Gasteiger partial charge is 0.391 e. The normalized spacial score (nSPS) is 10.2. The third-order valence-electron chi connectivity index (χ3n) is 2.09. The van der Waals surface area contributed by atoms with Gasteiger partial charge in [-0.15, -0.1) is 0 Å². The molecule has 1 aromatic heterocycles. The Morgan fingerprint density at radius 1 is 1.47 bits per heavy atom. The summed E-state index contributed by atoms with van der Waals surface area (Å²) in [6, 6.07) is 4.44. The van der Waals surface area contributed by atoms with Crippen molar-refractivity contribution in [3.63, 3.8) is 0 Å². The number of anilines is 3. The van der Waals surface area contributed by atoms with E-state index in [1.807, 2.05) is 0 Å². The van der Waals surface area contributed by atoms with E-state index in [0.29, 0.717) is 0 Å². The van der Waals surface area contributed by atoms with E-state index >= 15 is 0 Å². The zero-order chi connectivity index (χ0) is 12.4. The highest BCUT2D eigenvalue weighted by atomic mass is 35.5. The fourth-order valence-electron chi connectivity index (χ4n) is 1.24. The Morgan fingerprint density at radius 3 is 3.00 bits per heavy atom. The Kier molecular flexibility index (Phi) is 2.97. The second-order valence-corrected chi connectivity index (χ2v) is 3.63. The Morgan fingerprint density at radius 2 is 2.24 bits per heavy atom. The van der Waals surface area contributed by atoms with E-state index in [-0.39, 0.29) is 22.2 Å². The summed E-state index contributed by atoms with van der Waals surface area (Å²) in [5, 5.41) is 2.58. The van der Waals surface area contributed by atoms with Gasteiger partial charge in [0.15, 0.2) is 11.6 Å². The molecular weight excluding hydrogens is 247 g/mol. The fourth-order valence-corrected chi connectivity index (χ4v) is 1.41. The lowest BCUT2D eigenvalue weighted by Gasteiger charge is -2.08. The molecule has 7 heteroatoms. The zero-order valence-electron chi connectivity index (χ0n) is 8.50. The van der Waals surface area contributed by atoms with Gasteiger partial charge in [0, 0.05) is 0 Å². The van der Waals surface area contributed by atoms with E-state index < -0.39 is 11.4 Å². The predicted octanol–water partition coefficient (Wildman–Crippen LogP) is 1.89. The molecule has 0 amide bonds. The Hall–Kier alpha value is -2.08. The van der Waals surface area contributed by atoms with Crippen LogP contribution in [0.25, 0.3) is 0 Å². The molecule has 1 aromatic carbocycles. The first-order valence-corrected chi connectivity index (χ1v) is 5.01. The third kappa shape index (κ3) is 2.21. The molecule has 4 N–H and O–H groups in total. The molecule has 2 aromatic rings. The van der Waals surface area contributed by atoms with E-state index in [9.17, 15) is 9.18 Å². The van der Waals surface area contributed by atoms with Gasteiger partial charge in [-0.25, -0.2) is 9.37 Å². The molecule has 0 bridgehead atoms. The second kappa shape index (κ2) is 4.42. The molecule has 0 saturated carbocycles. The molecule has 0 radical (unpaired) electrons. The van der Waals surface area contributed by atoms with Crippen LogP contribution in [0.3, 0.4) is 0 Å². The van der Waals surface area contributed by atoms with Gasteiger partial charge in [-0.2, -0.15) is 0 Å². The van der Waals surface area contributed by atoms with Gasteiger partial charge in [0.05, 0.1) is 17.0 Å². The molecule has 0 aliphatic carbocycles. The van der Waals surface area contributed by atoms with Crippen LogP contribution in [0.4, 0.5) is 21.6 Å². The summed E-state index contributed by atoms with van der Waals surface area (Å²) in [6.45, 7) is 0. The van der Waals surface area contributed by atoms with Crippen LogP contribution in [-0.2, 0) is 0 Å². The van der Waals surface area contributed by atoms with Gasteiger partial charge >= 0.3 is 0 Å². The number of benzene rings is 1. The van der Waals surface area contributed by atoms with E-state index in [1.54, 1.807) is 6.07 Å². The van der Waals surface area contributed by atoms with Crippen molar-refractivity contribution < 1.29 is 4.39 Å². The summed E-state index contributed by atoms with van der Waals surface area (Å²) in [5.41, 5.74) is 4.98. The number of nitrogen functional groups attached to an aromatic ring is 1. The number of nitrogens with zero attached hydrogens (tertiary/aromatic N) is 1. The minimum absolute atomic E-state index is 0.0292. The molecule has 1 heterocycles. The molecule has 0 atom stereocenters. The molecule has 0 spiro atoms. The maximum atomic E-state index is 13.6. The van der Waals surface area contributed by atoms with Crippen LogP contribution >= 0.6 is 11.6 Å². The van der Waals surface area contributed by atoms with Crippen molar-refractivity contribution in [3.05, 3.63) is 45.7 Å². The number of nitrogens with two attached hydrogens (primary N) is 1. The first kappa shape index (κ1) is 11.4.